The van der Waals surface area contributed by atoms with E-state index in [-0.39, 0.29) is 45.8 Å². The first-order valence-corrected chi connectivity index (χ1v) is 11.8. The van der Waals surface area contributed by atoms with Gasteiger partial charge in [-0.3, -0.25) is 9.48 Å². The van der Waals surface area contributed by atoms with Gasteiger partial charge in [0, 0.05) is 5.92 Å². The average molecular weight is 522 g/mol. The van der Waals surface area contributed by atoms with E-state index in [1.165, 1.54) is 6.92 Å². The molecule has 1 saturated carbocycles. The van der Waals surface area contributed by atoms with Crippen LogP contribution in [0.25, 0.3) is 0 Å². The van der Waals surface area contributed by atoms with E-state index in [4.69, 9.17) is 21.1 Å². The van der Waals surface area contributed by atoms with Crippen molar-refractivity contribution in [2.24, 2.45) is 0 Å². The molecule has 2 aromatic heterocycles. The Labute approximate surface area is 202 Å². The van der Waals surface area contributed by atoms with Crippen LogP contribution >= 0.6 is 22.9 Å². The van der Waals surface area contributed by atoms with Gasteiger partial charge in [-0.15, -0.1) is 11.3 Å². The summed E-state index contributed by atoms with van der Waals surface area (Å²) in [5.74, 6) is -2.35. The van der Waals surface area contributed by atoms with Crippen LogP contribution < -0.4 is 5.32 Å². The lowest BCUT2D eigenvalue weighted by Crippen LogP contribution is -2.22. The van der Waals surface area contributed by atoms with Gasteiger partial charge in [0.2, 0.25) is 5.91 Å². The molecule has 0 saturated heterocycles. The van der Waals surface area contributed by atoms with E-state index in [1.807, 2.05) is 6.92 Å². The number of thiophene rings is 1. The molecule has 34 heavy (non-hydrogen) atoms. The van der Waals surface area contributed by atoms with Crippen molar-refractivity contribution in [3.63, 3.8) is 0 Å². The Kier molecular flexibility index (Phi) is 7.91. The largest absolute Gasteiger partial charge is 0.462 e. The van der Waals surface area contributed by atoms with E-state index in [1.54, 1.807) is 6.92 Å². The molecule has 8 nitrogen and oxygen atoms in total. The molecule has 1 aliphatic carbocycles. The normalized spacial score (nSPS) is 13.6. The number of carbonyl (C=O) groups is 3. The summed E-state index contributed by atoms with van der Waals surface area (Å²) in [6, 6.07) is 0. The van der Waals surface area contributed by atoms with Crippen LogP contribution in [0.3, 0.4) is 0 Å². The predicted octanol–water partition coefficient (Wildman–Crippen LogP) is 5.18. The molecule has 186 valence electrons. The Morgan fingerprint density at radius 3 is 2.44 bits per heavy atom. The highest BCUT2D eigenvalue weighted by Crippen LogP contribution is 2.47. The number of ether oxygens (including phenoxy) is 2. The van der Waals surface area contributed by atoms with Crippen LogP contribution in [0.2, 0.25) is 5.02 Å². The fourth-order valence-corrected chi connectivity index (χ4v) is 4.81. The Hall–Kier alpha value is -2.60. The predicted molar refractivity (Wildman–Crippen MR) is 118 cm³/mol. The van der Waals surface area contributed by atoms with Gasteiger partial charge in [-0.2, -0.15) is 18.3 Å². The Balaban J connectivity index is 1.90. The summed E-state index contributed by atoms with van der Waals surface area (Å²) in [5, 5.41) is 5.57. The van der Waals surface area contributed by atoms with Gasteiger partial charge in [-0.05, 0) is 38.7 Å². The van der Waals surface area contributed by atoms with Gasteiger partial charge in [0.15, 0.2) is 5.69 Å². The number of nitrogens with zero attached hydrogens (tertiary/aromatic N) is 2. The number of aromatic nitrogens is 2. The van der Waals surface area contributed by atoms with Crippen molar-refractivity contribution in [2.75, 3.05) is 18.5 Å². The lowest BCUT2D eigenvalue weighted by Gasteiger charge is -2.09. The molecule has 2 aromatic rings. The zero-order chi connectivity index (χ0) is 25.2. The van der Waals surface area contributed by atoms with Crippen molar-refractivity contribution in [1.82, 2.24) is 9.78 Å². The maximum absolute atomic E-state index is 13.3. The number of rotatable bonds is 9. The summed E-state index contributed by atoms with van der Waals surface area (Å²) in [4.78, 5) is 37.8. The first-order chi connectivity index (χ1) is 16.0. The van der Waals surface area contributed by atoms with E-state index in [9.17, 15) is 27.6 Å². The molecule has 0 atom stereocenters. The third-order valence-corrected chi connectivity index (χ3v) is 6.52. The number of carbonyl (C=O) groups excluding carboxylic acids is 3. The van der Waals surface area contributed by atoms with Crippen molar-refractivity contribution in [1.29, 1.82) is 0 Å². The number of amides is 1. The second-order valence-electron chi connectivity index (χ2n) is 7.64. The average Bonchev–Trinajstić information content (AvgIpc) is 3.45. The van der Waals surface area contributed by atoms with Crippen LogP contribution in [-0.2, 0) is 27.0 Å². The molecule has 1 N–H and O–H groups in total. The second-order valence-corrected chi connectivity index (χ2v) is 9.04. The van der Waals surface area contributed by atoms with Crippen molar-refractivity contribution >= 4 is 45.8 Å². The lowest BCUT2D eigenvalue weighted by molar-refractivity contribution is -0.141. The number of nitrogens with one attached hydrogen (secondary N) is 1. The molecule has 1 fully saturated rings. The fourth-order valence-electron chi connectivity index (χ4n) is 3.31. The van der Waals surface area contributed by atoms with Crippen molar-refractivity contribution in [3.05, 3.63) is 32.4 Å². The minimum absolute atomic E-state index is 0.00764. The minimum Gasteiger partial charge on any atom is -0.462 e. The third kappa shape index (κ3) is 5.54. The third-order valence-electron chi connectivity index (χ3n) is 4.96. The molecular formula is C21H23ClF3N3O5S. The molecule has 0 bridgehead atoms. The molecule has 2 heterocycles. The summed E-state index contributed by atoms with van der Waals surface area (Å²) < 4.78 is 51.0. The molecule has 0 unspecified atom stereocenters. The number of hydrogen-bond donors (Lipinski definition) is 1. The number of halogens is 4. The van der Waals surface area contributed by atoms with Gasteiger partial charge < -0.3 is 14.8 Å². The zero-order valence-corrected chi connectivity index (χ0v) is 20.2. The summed E-state index contributed by atoms with van der Waals surface area (Å²) in [7, 11) is 0. The highest BCUT2D eigenvalue weighted by Gasteiger charge is 2.42. The highest BCUT2D eigenvalue weighted by molar-refractivity contribution is 7.18. The molecule has 0 radical (unpaired) electrons. The topological polar surface area (TPSA) is 99.5 Å². The molecule has 13 heteroatoms. The zero-order valence-electron chi connectivity index (χ0n) is 18.7. The molecule has 0 aliphatic heterocycles. The standard InChI is InChI=1S/C21H23ClF3N3O5S/c1-4-8-33-19(30)13-10(3)16(20(31)32-5-2)34-18(13)26-12(29)9-28-15(11-6-7-11)14(22)17(27-28)21(23,24)25/h11H,4-9H2,1-3H3,(H,26,29). The number of esters is 2. The van der Waals surface area contributed by atoms with E-state index >= 15 is 0 Å². The Morgan fingerprint density at radius 2 is 1.88 bits per heavy atom. The van der Waals surface area contributed by atoms with Crippen LogP contribution in [-0.4, -0.2) is 40.8 Å². The minimum atomic E-state index is -4.77. The number of alkyl halides is 3. The number of hydrogen-bond acceptors (Lipinski definition) is 7. The molecular weight excluding hydrogens is 499 g/mol. The van der Waals surface area contributed by atoms with Gasteiger partial charge in [0.05, 0.1) is 29.5 Å². The van der Waals surface area contributed by atoms with Crippen LogP contribution in [0.15, 0.2) is 0 Å². The summed E-state index contributed by atoms with van der Waals surface area (Å²) >= 11 is 6.78. The Morgan fingerprint density at radius 1 is 1.21 bits per heavy atom. The summed E-state index contributed by atoms with van der Waals surface area (Å²) in [5.41, 5.74) is -0.822. The van der Waals surface area contributed by atoms with Crippen molar-refractivity contribution < 1.29 is 37.0 Å². The quantitative estimate of drug-likeness (QED) is 0.456. The van der Waals surface area contributed by atoms with Crippen molar-refractivity contribution in [3.8, 4) is 0 Å². The van der Waals surface area contributed by atoms with Crippen LogP contribution in [0.5, 0.6) is 0 Å². The monoisotopic (exact) mass is 521 g/mol. The smallest absolute Gasteiger partial charge is 0.436 e. The van der Waals surface area contributed by atoms with Gasteiger partial charge in [0.1, 0.15) is 16.4 Å². The molecule has 1 amide bonds. The number of anilines is 1. The first kappa shape index (κ1) is 26.0. The Bertz CT molecular complexity index is 1110. The van der Waals surface area contributed by atoms with E-state index in [2.05, 4.69) is 10.4 Å². The second kappa shape index (κ2) is 10.3. The lowest BCUT2D eigenvalue weighted by atomic mass is 10.1. The van der Waals surface area contributed by atoms with Gasteiger partial charge >= 0.3 is 18.1 Å². The van der Waals surface area contributed by atoms with E-state index in [0.717, 1.165) is 16.0 Å². The van der Waals surface area contributed by atoms with Gasteiger partial charge in [0.25, 0.3) is 0 Å². The molecule has 0 spiro atoms. The fraction of sp³-hybridized carbons (Fsp3) is 0.524. The summed E-state index contributed by atoms with van der Waals surface area (Å²) in [6.45, 7) is 4.64. The van der Waals surface area contributed by atoms with Crippen molar-refractivity contribution in [2.45, 2.75) is 58.7 Å². The maximum Gasteiger partial charge on any atom is 0.436 e. The van der Waals surface area contributed by atoms with E-state index < -0.39 is 41.3 Å². The first-order valence-electron chi connectivity index (χ1n) is 10.6. The molecule has 0 aromatic carbocycles. The van der Waals surface area contributed by atoms with E-state index in [0.29, 0.717) is 19.3 Å². The molecule has 3 rings (SSSR count). The maximum atomic E-state index is 13.3. The van der Waals surface area contributed by atoms with Crippen LogP contribution in [0.4, 0.5) is 18.2 Å². The van der Waals surface area contributed by atoms with Crippen LogP contribution in [0.1, 0.15) is 76.0 Å². The van der Waals surface area contributed by atoms with Crippen LogP contribution in [0, 0.1) is 6.92 Å². The SMILES string of the molecule is CCCOC(=O)c1c(NC(=O)Cn2nc(C(F)(F)F)c(Cl)c2C2CC2)sc(C(=O)OCC)c1C. The van der Waals surface area contributed by atoms with Gasteiger partial charge in [-0.1, -0.05) is 18.5 Å². The summed E-state index contributed by atoms with van der Waals surface area (Å²) in [6.07, 6.45) is -2.92. The molecule has 1 aliphatic rings. The highest BCUT2D eigenvalue weighted by atomic mass is 35.5. The van der Waals surface area contributed by atoms with Gasteiger partial charge in [-0.25, -0.2) is 9.59 Å².